The molecule has 6 heteroatoms. The molecule has 0 saturated heterocycles. The summed E-state index contributed by atoms with van der Waals surface area (Å²) in [6.45, 7) is 7.90. The Hall–Kier alpha value is -2.34. The molecular weight excluding hydrogens is 328 g/mol. The summed E-state index contributed by atoms with van der Waals surface area (Å²) < 4.78 is 5.33. The molecule has 1 atom stereocenters. The summed E-state index contributed by atoms with van der Waals surface area (Å²) in [6.07, 6.45) is 0.962. The first-order valence-corrected chi connectivity index (χ1v) is 9.14. The molecule has 0 radical (unpaired) electrons. The largest absolute Gasteiger partial charge is 0.497 e. The third kappa shape index (κ3) is 4.07. The second kappa shape index (κ2) is 7.91. The van der Waals surface area contributed by atoms with Gasteiger partial charge in [0, 0.05) is 24.8 Å². The highest BCUT2D eigenvalue weighted by atomic mass is 16.5. The number of methoxy groups -OCH3 is 1. The van der Waals surface area contributed by atoms with E-state index >= 15 is 0 Å². The van der Waals surface area contributed by atoms with E-state index in [0.29, 0.717) is 11.9 Å². The number of rotatable bonds is 6. The zero-order valence-electron chi connectivity index (χ0n) is 16.0. The predicted octanol–water partition coefficient (Wildman–Crippen LogP) is 2.79. The number of hydrogen-bond acceptors (Lipinski definition) is 6. The Morgan fingerprint density at radius 3 is 2.73 bits per heavy atom. The van der Waals surface area contributed by atoms with Crippen molar-refractivity contribution in [3.8, 4) is 5.75 Å². The van der Waals surface area contributed by atoms with Crippen LogP contribution in [0.2, 0.25) is 0 Å². The number of nitrogens with zero attached hydrogens (tertiary/aromatic N) is 3. The van der Waals surface area contributed by atoms with Crippen LogP contribution in [0.25, 0.3) is 0 Å². The molecule has 0 fully saturated rings. The SMILES string of the molecule is COc1ccc2c(c1)CCN(c1cc(C)nc(N[C@H](CO)C(C)C)n1)C2. The lowest BCUT2D eigenvalue weighted by atomic mass is 9.99. The lowest BCUT2D eigenvalue weighted by molar-refractivity contribution is 0.248. The Morgan fingerprint density at radius 1 is 1.23 bits per heavy atom. The Labute approximate surface area is 155 Å². The zero-order valence-corrected chi connectivity index (χ0v) is 16.0. The Morgan fingerprint density at radius 2 is 2.04 bits per heavy atom. The summed E-state index contributed by atoms with van der Waals surface area (Å²) in [5, 5.41) is 12.8. The lowest BCUT2D eigenvalue weighted by Gasteiger charge is -2.30. The Balaban J connectivity index is 1.81. The van der Waals surface area contributed by atoms with Crippen molar-refractivity contribution in [3.63, 3.8) is 0 Å². The van der Waals surface area contributed by atoms with Crippen LogP contribution in [0.4, 0.5) is 11.8 Å². The number of aliphatic hydroxyl groups excluding tert-OH is 1. The predicted molar refractivity (Wildman–Crippen MR) is 104 cm³/mol. The number of nitrogens with one attached hydrogen (secondary N) is 1. The topological polar surface area (TPSA) is 70.5 Å². The number of aliphatic hydroxyl groups is 1. The quantitative estimate of drug-likeness (QED) is 0.829. The second-order valence-corrected chi connectivity index (χ2v) is 7.17. The van der Waals surface area contributed by atoms with Gasteiger partial charge in [0.25, 0.3) is 0 Å². The van der Waals surface area contributed by atoms with E-state index in [-0.39, 0.29) is 12.6 Å². The van der Waals surface area contributed by atoms with Crippen LogP contribution in [0.5, 0.6) is 5.75 Å². The summed E-state index contributed by atoms with van der Waals surface area (Å²) in [4.78, 5) is 11.5. The minimum atomic E-state index is -0.0563. The highest BCUT2D eigenvalue weighted by Crippen LogP contribution is 2.27. The van der Waals surface area contributed by atoms with Crippen molar-refractivity contribution < 1.29 is 9.84 Å². The number of fused-ring (bicyclic) bond motifs is 1. The molecule has 140 valence electrons. The van der Waals surface area contributed by atoms with Gasteiger partial charge in [-0.05, 0) is 42.5 Å². The smallest absolute Gasteiger partial charge is 0.225 e. The van der Waals surface area contributed by atoms with E-state index in [9.17, 15) is 5.11 Å². The summed E-state index contributed by atoms with van der Waals surface area (Å²) in [7, 11) is 1.70. The van der Waals surface area contributed by atoms with Crippen LogP contribution in [0.3, 0.4) is 0 Å². The van der Waals surface area contributed by atoms with E-state index < -0.39 is 0 Å². The van der Waals surface area contributed by atoms with Gasteiger partial charge < -0.3 is 20.1 Å². The molecule has 0 amide bonds. The highest BCUT2D eigenvalue weighted by Gasteiger charge is 2.20. The van der Waals surface area contributed by atoms with E-state index in [1.807, 2.05) is 19.1 Å². The first-order chi connectivity index (χ1) is 12.5. The van der Waals surface area contributed by atoms with Gasteiger partial charge in [-0.25, -0.2) is 4.98 Å². The molecule has 26 heavy (non-hydrogen) atoms. The normalized spacial score (nSPS) is 14.9. The van der Waals surface area contributed by atoms with Gasteiger partial charge in [-0.2, -0.15) is 4.98 Å². The fraction of sp³-hybridized carbons (Fsp3) is 0.500. The van der Waals surface area contributed by atoms with Crippen molar-refractivity contribution in [1.82, 2.24) is 9.97 Å². The van der Waals surface area contributed by atoms with Crippen molar-refractivity contribution in [3.05, 3.63) is 41.1 Å². The van der Waals surface area contributed by atoms with Crippen LogP contribution >= 0.6 is 0 Å². The molecule has 1 aliphatic rings. The van der Waals surface area contributed by atoms with Gasteiger partial charge in [0.15, 0.2) is 0 Å². The summed E-state index contributed by atoms with van der Waals surface area (Å²) in [5.41, 5.74) is 3.56. The molecule has 6 nitrogen and oxygen atoms in total. The molecule has 0 bridgehead atoms. The van der Waals surface area contributed by atoms with Crippen LogP contribution in [0, 0.1) is 12.8 Å². The fourth-order valence-electron chi connectivity index (χ4n) is 3.22. The molecule has 0 spiro atoms. The standard InChI is InChI=1S/C20H28N4O2/c1-13(2)18(12-25)22-20-21-14(3)9-19(23-20)24-8-7-15-10-17(26-4)6-5-16(15)11-24/h5-6,9-10,13,18,25H,7-8,11-12H2,1-4H3,(H,21,22,23)/t18-/m1/s1. The molecule has 0 unspecified atom stereocenters. The number of benzene rings is 1. The molecule has 1 aliphatic heterocycles. The third-order valence-electron chi connectivity index (χ3n) is 4.91. The van der Waals surface area contributed by atoms with Gasteiger partial charge in [0.1, 0.15) is 11.6 Å². The van der Waals surface area contributed by atoms with Gasteiger partial charge in [0.05, 0.1) is 19.8 Å². The van der Waals surface area contributed by atoms with Gasteiger partial charge in [-0.15, -0.1) is 0 Å². The van der Waals surface area contributed by atoms with Crippen LogP contribution in [-0.2, 0) is 13.0 Å². The second-order valence-electron chi connectivity index (χ2n) is 7.17. The molecule has 2 N–H and O–H groups in total. The third-order valence-corrected chi connectivity index (χ3v) is 4.91. The molecule has 3 rings (SSSR count). The highest BCUT2D eigenvalue weighted by molar-refractivity contribution is 5.49. The van der Waals surface area contributed by atoms with Crippen molar-refractivity contribution >= 4 is 11.8 Å². The summed E-state index contributed by atoms with van der Waals surface area (Å²) in [5.74, 6) is 2.70. The molecule has 1 aromatic heterocycles. The summed E-state index contributed by atoms with van der Waals surface area (Å²) in [6, 6.07) is 8.23. The lowest BCUT2D eigenvalue weighted by Crippen LogP contribution is -2.33. The van der Waals surface area contributed by atoms with E-state index in [1.54, 1.807) is 7.11 Å². The van der Waals surface area contributed by atoms with Crippen LogP contribution in [0.15, 0.2) is 24.3 Å². The maximum Gasteiger partial charge on any atom is 0.225 e. The van der Waals surface area contributed by atoms with Crippen molar-refractivity contribution in [2.75, 3.05) is 30.5 Å². The van der Waals surface area contributed by atoms with E-state index in [1.165, 1.54) is 11.1 Å². The van der Waals surface area contributed by atoms with E-state index in [4.69, 9.17) is 9.72 Å². The molecule has 2 aromatic rings. The van der Waals surface area contributed by atoms with Crippen molar-refractivity contribution in [2.24, 2.45) is 5.92 Å². The van der Waals surface area contributed by atoms with E-state index in [0.717, 1.165) is 36.8 Å². The minimum absolute atomic E-state index is 0.0563. The molecule has 1 aromatic carbocycles. The number of ether oxygens (including phenoxy) is 1. The zero-order chi connectivity index (χ0) is 18.7. The molecule has 0 aliphatic carbocycles. The average Bonchev–Trinajstić information content (AvgIpc) is 2.64. The van der Waals surface area contributed by atoms with Gasteiger partial charge >= 0.3 is 0 Å². The first kappa shape index (κ1) is 18.5. The van der Waals surface area contributed by atoms with Crippen LogP contribution in [0.1, 0.15) is 30.7 Å². The van der Waals surface area contributed by atoms with Crippen molar-refractivity contribution in [1.29, 1.82) is 0 Å². The number of anilines is 2. The Bertz CT molecular complexity index is 763. The number of hydrogen-bond donors (Lipinski definition) is 2. The molecule has 2 heterocycles. The Kier molecular flexibility index (Phi) is 5.61. The van der Waals surface area contributed by atoms with Crippen LogP contribution in [-0.4, -0.2) is 41.4 Å². The van der Waals surface area contributed by atoms with Crippen LogP contribution < -0.4 is 15.0 Å². The molecule has 0 saturated carbocycles. The maximum absolute atomic E-state index is 9.56. The van der Waals surface area contributed by atoms with Gasteiger partial charge in [0.2, 0.25) is 5.95 Å². The average molecular weight is 356 g/mol. The van der Waals surface area contributed by atoms with E-state index in [2.05, 4.69) is 41.2 Å². The first-order valence-electron chi connectivity index (χ1n) is 9.14. The maximum atomic E-state index is 9.56. The monoisotopic (exact) mass is 356 g/mol. The number of aromatic nitrogens is 2. The summed E-state index contributed by atoms with van der Waals surface area (Å²) >= 11 is 0. The van der Waals surface area contributed by atoms with Gasteiger partial charge in [-0.1, -0.05) is 19.9 Å². The minimum Gasteiger partial charge on any atom is -0.497 e. The number of aryl methyl sites for hydroxylation is 1. The molecular formula is C20H28N4O2. The fourth-order valence-corrected chi connectivity index (χ4v) is 3.22. The van der Waals surface area contributed by atoms with Crippen molar-refractivity contribution in [2.45, 2.75) is 39.8 Å². The van der Waals surface area contributed by atoms with Gasteiger partial charge in [-0.3, -0.25) is 0 Å².